The lowest BCUT2D eigenvalue weighted by Gasteiger charge is -2.18. The number of carbonyl (C=O) groups is 1. The number of hydrogen-bond acceptors (Lipinski definition) is 5. The number of esters is 1. The molecule has 1 atom stereocenters. The Morgan fingerprint density at radius 1 is 1.24 bits per heavy atom. The highest BCUT2D eigenvalue weighted by atomic mass is 16.6. The number of fused-ring (bicyclic) bond motifs is 3. The topological polar surface area (TPSA) is 65.7 Å². The highest BCUT2D eigenvalue weighted by Gasteiger charge is 2.24. The van der Waals surface area contributed by atoms with Gasteiger partial charge in [-0.1, -0.05) is 13.8 Å². The lowest BCUT2D eigenvalue weighted by molar-refractivity contribution is -0.152. The molecule has 0 bridgehead atoms. The molecule has 0 fully saturated rings. The lowest BCUT2D eigenvalue weighted by Crippen LogP contribution is -2.29. The predicted octanol–water partition coefficient (Wildman–Crippen LogP) is 3.70. The van der Waals surface area contributed by atoms with Gasteiger partial charge < -0.3 is 13.9 Å². The van der Waals surface area contributed by atoms with Gasteiger partial charge in [-0.2, -0.15) is 0 Å². The van der Waals surface area contributed by atoms with Crippen LogP contribution in [0, 0.1) is 6.92 Å². The fourth-order valence-electron chi connectivity index (χ4n) is 3.34. The van der Waals surface area contributed by atoms with Gasteiger partial charge in [0.15, 0.2) is 6.10 Å². The summed E-state index contributed by atoms with van der Waals surface area (Å²) in [6.07, 6.45) is 3.28. The molecule has 1 heterocycles. The molecule has 0 spiro atoms. The van der Waals surface area contributed by atoms with Crippen molar-refractivity contribution in [3.8, 4) is 5.75 Å². The van der Waals surface area contributed by atoms with Crippen molar-refractivity contribution in [2.45, 2.75) is 59.0 Å². The first-order valence-corrected chi connectivity index (χ1v) is 8.98. The van der Waals surface area contributed by atoms with E-state index in [9.17, 15) is 9.59 Å². The molecule has 1 aromatic carbocycles. The molecule has 1 aliphatic rings. The summed E-state index contributed by atoms with van der Waals surface area (Å²) in [4.78, 5) is 24.3. The molecule has 2 aromatic rings. The quantitative estimate of drug-likeness (QED) is 0.590. The highest BCUT2D eigenvalue weighted by molar-refractivity contribution is 5.86. The summed E-state index contributed by atoms with van der Waals surface area (Å²) in [7, 11) is 0. The minimum atomic E-state index is -0.663. The first kappa shape index (κ1) is 17.5. The van der Waals surface area contributed by atoms with Gasteiger partial charge in [-0.05, 0) is 56.7 Å². The smallest absolute Gasteiger partial charge is 0.347 e. The molecule has 0 aliphatic heterocycles. The minimum absolute atomic E-state index is 0.255. The minimum Gasteiger partial charge on any atom is -0.478 e. The number of rotatable bonds is 6. The Morgan fingerprint density at radius 3 is 2.72 bits per heavy atom. The van der Waals surface area contributed by atoms with Crippen LogP contribution in [0.2, 0.25) is 0 Å². The van der Waals surface area contributed by atoms with E-state index in [1.165, 1.54) is 0 Å². The largest absolute Gasteiger partial charge is 0.478 e. The van der Waals surface area contributed by atoms with E-state index in [1.807, 2.05) is 32.9 Å². The van der Waals surface area contributed by atoms with Gasteiger partial charge in [0.05, 0.1) is 6.61 Å². The van der Waals surface area contributed by atoms with E-state index in [-0.39, 0.29) is 11.6 Å². The average molecular weight is 344 g/mol. The standard InChI is InChI=1S/C20H24O5/c1-4-11-23-20(22)16(5-2)24-17-10-9-14-13-7-6-8-15(13)19(21)25-18(14)12(17)3/h9-10,16H,4-8,11H2,1-3H3. The van der Waals surface area contributed by atoms with Crippen molar-refractivity contribution >= 4 is 16.9 Å². The second-order valence-electron chi connectivity index (χ2n) is 6.45. The summed E-state index contributed by atoms with van der Waals surface area (Å²) in [6.45, 7) is 6.06. The summed E-state index contributed by atoms with van der Waals surface area (Å²) in [5.74, 6) is 0.188. The van der Waals surface area contributed by atoms with Crippen LogP contribution in [0.15, 0.2) is 21.3 Å². The number of benzene rings is 1. The molecule has 1 aromatic heterocycles. The average Bonchev–Trinajstić information content (AvgIpc) is 3.10. The maximum absolute atomic E-state index is 12.2. The molecule has 134 valence electrons. The third-order valence-electron chi connectivity index (χ3n) is 4.69. The number of ether oxygens (including phenoxy) is 2. The molecule has 3 rings (SSSR count). The molecule has 5 heteroatoms. The van der Waals surface area contributed by atoms with Crippen LogP contribution in [-0.2, 0) is 22.4 Å². The number of aryl methyl sites for hydroxylation is 2. The Bertz CT molecular complexity index is 849. The first-order chi connectivity index (χ1) is 12.1. The Labute approximate surface area is 146 Å². The predicted molar refractivity (Wildman–Crippen MR) is 95.2 cm³/mol. The molecule has 0 amide bonds. The summed E-state index contributed by atoms with van der Waals surface area (Å²) in [5, 5.41) is 0.971. The maximum Gasteiger partial charge on any atom is 0.347 e. The van der Waals surface area contributed by atoms with E-state index in [2.05, 4.69) is 0 Å². The molecule has 0 N–H and O–H groups in total. The highest BCUT2D eigenvalue weighted by Crippen LogP contribution is 2.33. The zero-order valence-corrected chi connectivity index (χ0v) is 15.0. The van der Waals surface area contributed by atoms with E-state index in [4.69, 9.17) is 13.9 Å². The maximum atomic E-state index is 12.2. The van der Waals surface area contributed by atoms with E-state index in [1.54, 1.807) is 0 Å². The molecular formula is C20H24O5. The second-order valence-corrected chi connectivity index (χ2v) is 6.45. The molecular weight excluding hydrogens is 320 g/mol. The first-order valence-electron chi connectivity index (χ1n) is 8.98. The summed E-state index contributed by atoms with van der Waals surface area (Å²) < 4.78 is 16.6. The third kappa shape index (κ3) is 3.28. The molecule has 0 radical (unpaired) electrons. The van der Waals surface area contributed by atoms with Crippen LogP contribution in [0.4, 0.5) is 0 Å². The van der Waals surface area contributed by atoms with Crippen molar-refractivity contribution < 1.29 is 18.7 Å². The summed E-state index contributed by atoms with van der Waals surface area (Å²) >= 11 is 0. The fraction of sp³-hybridized carbons (Fsp3) is 0.500. The number of carbonyl (C=O) groups excluding carboxylic acids is 1. The zero-order valence-electron chi connectivity index (χ0n) is 15.0. The van der Waals surface area contributed by atoms with Crippen LogP contribution in [0.25, 0.3) is 11.0 Å². The van der Waals surface area contributed by atoms with Crippen molar-refractivity contribution in [3.63, 3.8) is 0 Å². The molecule has 0 saturated carbocycles. The second kappa shape index (κ2) is 7.30. The fourth-order valence-corrected chi connectivity index (χ4v) is 3.34. The van der Waals surface area contributed by atoms with E-state index >= 15 is 0 Å². The van der Waals surface area contributed by atoms with Gasteiger partial charge in [0.2, 0.25) is 0 Å². The van der Waals surface area contributed by atoms with Crippen LogP contribution < -0.4 is 10.4 Å². The van der Waals surface area contributed by atoms with Crippen LogP contribution in [0.3, 0.4) is 0 Å². The van der Waals surface area contributed by atoms with Gasteiger partial charge in [0.25, 0.3) is 0 Å². The Balaban J connectivity index is 1.95. The van der Waals surface area contributed by atoms with Crippen LogP contribution in [0.1, 0.15) is 49.8 Å². The molecule has 5 nitrogen and oxygen atoms in total. The van der Waals surface area contributed by atoms with Gasteiger partial charge in [-0.25, -0.2) is 9.59 Å². The van der Waals surface area contributed by atoms with Crippen molar-refractivity contribution in [1.29, 1.82) is 0 Å². The summed E-state index contributed by atoms with van der Waals surface area (Å²) in [6, 6.07) is 3.78. The summed E-state index contributed by atoms with van der Waals surface area (Å²) in [5.41, 5.74) is 2.94. The molecule has 1 aliphatic carbocycles. The van der Waals surface area contributed by atoms with Crippen molar-refractivity contribution in [3.05, 3.63) is 39.2 Å². The Morgan fingerprint density at radius 2 is 2.00 bits per heavy atom. The normalized spacial score (nSPS) is 14.4. The van der Waals surface area contributed by atoms with Crippen molar-refractivity contribution in [2.75, 3.05) is 6.61 Å². The van der Waals surface area contributed by atoms with E-state index in [0.717, 1.165) is 47.8 Å². The van der Waals surface area contributed by atoms with Gasteiger partial charge >= 0.3 is 11.6 Å². The molecule has 0 saturated heterocycles. The van der Waals surface area contributed by atoms with Crippen LogP contribution >= 0.6 is 0 Å². The van der Waals surface area contributed by atoms with Gasteiger partial charge in [-0.3, -0.25) is 0 Å². The van der Waals surface area contributed by atoms with Crippen LogP contribution in [-0.4, -0.2) is 18.7 Å². The lowest BCUT2D eigenvalue weighted by atomic mass is 10.0. The third-order valence-corrected chi connectivity index (χ3v) is 4.69. The van der Waals surface area contributed by atoms with Crippen molar-refractivity contribution in [1.82, 2.24) is 0 Å². The van der Waals surface area contributed by atoms with E-state index < -0.39 is 6.10 Å². The van der Waals surface area contributed by atoms with Gasteiger partial charge in [0.1, 0.15) is 11.3 Å². The zero-order chi connectivity index (χ0) is 18.0. The van der Waals surface area contributed by atoms with Gasteiger partial charge in [0, 0.05) is 16.5 Å². The van der Waals surface area contributed by atoms with Crippen LogP contribution in [0.5, 0.6) is 5.75 Å². The Kier molecular flexibility index (Phi) is 5.11. The Hall–Kier alpha value is -2.30. The number of hydrogen-bond donors (Lipinski definition) is 0. The van der Waals surface area contributed by atoms with Gasteiger partial charge in [-0.15, -0.1) is 0 Å². The van der Waals surface area contributed by atoms with E-state index in [0.29, 0.717) is 24.4 Å². The molecule has 25 heavy (non-hydrogen) atoms. The molecule has 1 unspecified atom stereocenters. The monoisotopic (exact) mass is 344 g/mol. The van der Waals surface area contributed by atoms with Crippen molar-refractivity contribution in [2.24, 2.45) is 0 Å². The SMILES string of the molecule is CCCOC(=O)C(CC)Oc1ccc2c3c(c(=O)oc2c1C)CCC3.